The molecule has 0 aromatic rings. The van der Waals surface area contributed by atoms with Crippen LogP contribution in [0.15, 0.2) is 12.2 Å². The highest BCUT2D eigenvalue weighted by atomic mass is 35.5. The molecule has 0 amide bonds. The van der Waals surface area contributed by atoms with Crippen molar-refractivity contribution in [3.63, 3.8) is 0 Å². The molecule has 0 bridgehead atoms. The molecule has 0 rings (SSSR count). The van der Waals surface area contributed by atoms with Crippen LogP contribution in [0.5, 0.6) is 0 Å². The van der Waals surface area contributed by atoms with Gasteiger partial charge in [-0.15, -0.1) is 11.6 Å². The highest BCUT2D eigenvalue weighted by Crippen LogP contribution is 2.09. The minimum absolute atomic E-state index is 0.215. The van der Waals surface area contributed by atoms with Gasteiger partial charge >= 0.3 is 12.1 Å². The molecule has 0 saturated heterocycles. The third-order valence-corrected chi connectivity index (χ3v) is 1.77. The van der Waals surface area contributed by atoms with Gasteiger partial charge in [0.05, 0.1) is 5.38 Å². The van der Waals surface area contributed by atoms with Crippen molar-refractivity contribution in [2.45, 2.75) is 25.3 Å². The normalized spacial score (nSPS) is 13.8. The maximum Gasteiger partial charge on any atom is 0.505 e. The molecule has 15 heavy (non-hydrogen) atoms. The molecule has 5 nitrogen and oxygen atoms in total. The Morgan fingerprint density at radius 2 is 2.07 bits per heavy atom. The molecule has 0 spiro atoms. The van der Waals surface area contributed by atoms with E-state index in [9.17, 15) is 9.59 Å². The molecule has 0 aliphatic heterocycles. The standard InChI is InChI=1S/C9H13ClO5/c1-5(2)8(11)15-7(6(3)10)4-14-9(12)13/h6-7H,1,4H2,2-3H3,(H,12,13). The molecular formula is C9H13ClO5. The zero-order chi connectivity index (χ0) is 12.0. The number of ether oxygens (including phenoxy) is 2. The molecule has 2 atom stereocenters. The van der Waals surface area contributed by atoms with E-state index in [-0.39, 0.29) is 12.2 Å². The Morgan fingerprint density at radius 3 is 2.40 bits per heavy atom. The molecule has 0 aromatic heterocycles. The first-order chi connectivity index (χ1) is 6.84. The second-order valence-electron chi connectivity index (χ2n) is 2.98. The minimum atomic E-state index is -1.44. The van der Waals surface area contributed by atoms with E-state index in [0.29, 0.717) is 0 Å². The minimum Gasteiger partial charge on any atom is -0.454 e. The summed E-state index contributed by atoms with van der Waals surface area (Å²) >= 11 is 5.70. The number of rotatable bonds is 5. The molecule has 0 radical (unpaired) electrons. The van der Waals surface area contributed by atoms with Crippen LogP contribution in [-0.4, -0.2) is 35.3 Å². The number of esters is 1. The molecule has 86 valence electrons. The van der Waals surface area contributed by atoms with Crippen molar-refractivity contribution in [3.05, 3.63) is 12.2 Å². The SMILES string of the molecule is C=C(C)C(=O)OC(COC(=O)O)C(C)Cl. The predicted molar refractivity (Wildman–Crippen MR) is 54.0 cm³/mol. The van der Waals surface area contributed by atoms with Gasteiger partial charge in [0.1, 0.15) is 6.61 Å². The number of hydrogen-bond acceptors (Lipinski definition) is 4. The Balaban J connectivity index is 4.22. The first-order valence-electron chi connectivity index (χ1n) is 4.21. The highest BCUT2D eigenvalue weighted by Gasteiger charge is 2.22. The fraction of sp³-hybridized carbons (Fsp3) is 0.556. The van der Waals surface area contributed by atoms with Crippen LogP contribution in [0.1, 0.15) is 13.8 Å². The van der Waals surface area contributed by atoms with Crippen molar-refractivity contribution in [1.82, 2.24) is 0 Å². The lowest BCUT2D eigenvalue weighted by Crippen LogP contribution is -2.31. The van der Waals surface area contributed by atoms with Gasteiger partial charge in [0.15, 0.2) is 6.10 Å². The monoisotopic (exact) mass is 236 g/mol. The van der Waals surface area contributed by atoms with Crippen LogP contribution >= 0.6 is 11.6 Å². The summed E-state index contributed by atoms with van der Waals surface area (Å²) in [6.07, 6.45) is -2.25. The summed E-state index contributed by atoms with van der Waals surface area (Å²) < 4.78 is 9.14. The summed E-state index contributed by atoms with van der Waals surface area (Å²) in [5.41, 5.74) is 0.215. The van der Waals surface area contributed by atoms with Crippen molar-refractivity contribution >= 4 is 23.7 Å². The number of carbonyl (C=O) groups excluding carboxylic acids is 1. The van der Waals surface area contributed by atoms with Crippen LogP contribution in [0.2, 0.25) is 0 Å². The first kappa shape index (κ1) is 13.8. The molecule has 0 aliphatic rings. The summed E-state index contributed by atoms with van der Waals surface area (Å²) in [5.74, 6) is -0.624. The summed E-state index contributed by atoms with van der Waals surface area (Å²) in [7, 11) is 0. The molecular weight excluding hydrogens is 224 g/mol. The van der Waals surface area contributed by atoms with E-state index in [1.807, 2.05) is 0 Å². The smallest absolute Gasteiger partial charge is 0.454 e. The summed E-state index contributed by atoms with van der Waals surface area (Å²) in [6.45, 7) is 6.15. The van der Waals surface area contributed by atoms with Gasteiger partial charge in [0.25, 0.3) is 0 Å². The molecule has 1 N–H and O–H groups in total. The molecule has 2 unspecified atom stereocenters. The van der Waals surface area contributed by atoms with E-state index in [4.69, 9.17) is 21.4 Å². The maximum atomic E-state index is 11.1. The van der Waals surface area contributed by atoms with Gasteiger partial charge < -0.3 is 14.6 Å². The maximum absolute atomic E-state index is 11.1. The molecule has 0 saturated carbocycles. The molecule has 0 heterocycles. The van der Waals surface area contributed by atoms with E-state index >= 15 is 0 Å². The largest absolute Gasteiger partial charge is 0.505 e. The number of alkyl halides is 1. The summed E-state index contributed by atoms with van der Waals surface area (Å²) in [6, 6.07) is 0. The fourth-order valence-corrected chi connectivity index (χ4v) is 0.776. The van der Waals surface area contributed by atoms with Gasteiger partial charge in [-0.3, -0.25) is 0 Å². The van der Waals surface area contributed by atoms with E-state index in [1.165, 1.54) is 6.92 Å². The summed E-state index contributed by atoms with van der Waals surface area (Å²) in [5, 5.41) is 7.72. The van der Waals surface area contributed by atoms with Crippen molar-refractivity contribution < 1.29 is 24.2 Å². The van der Waals surface area contributed by atoms with E-state index in [2.05, 4.69) is 11.3 Å². The van der Waals surface area contributed by atoms with Crippen LogP contribution in [-0.2, 0) is 14.3 Å². The van der Waals surface area contributed by atoms with Gasteiger partial charge in [0, 0.05) is 5.57 Å². The average molecular weight is 237 g/mol. The lowest BCUT2D eigenvalue weighted by molar-refractivity contribution is -0.146. The van der Waals surface area contributed by atoms with Crippen LogP contribution in [0.3, 0.4) is 0 Å². The second-order valence-corrected chi connectivity index (χ2v) is 3.67. The Morgan fingerprint density at radius 1 is 1.53 bits per heavy atom. The van der Waals surface area contributed by atoms with Gasteiger partial charge in [-0.1, -0.05) is 6.58 Å². The van der Waals surface area contributed by atoms with Gasteiger partial charge in [-0.25, -0.2) is 9.59 Å². The summed E-state index contributed by atoms with van der Waals surface area (Å²) in [4.78, 5) is 21.2. The Bertz CT molecular complexity index is 261. The second kappa shape index (κ2) is 6.29. The fourth-order valence-electron chi connectivity index (χ4n) is 0.652. The molecule has 6 heteroatoms. The average Bonchev–Trinajstić information content (AvgIpc) is 2.10. The number of halogens is 1. The Kier molecular flexibility index (Phi) is 5.77. The third-order valence-electron chi connectivity index (χ3n) is 1.49. The van der Waals surface area contributed by atoms with Crippen LogP contribution < -0.4 is 0 Å². The van der Waals surface area contributed by atoms with E-state index < -0.39 is 23.6 Å². The zero-order valence-corrected chi connectivity index (χ0v) is 9.28. The van der Waals surface area contributed by atoms with Crippen molar-refractivity contribution in [3.8, 4) is 0 Å². The molecule has 0 aliphatic carbocycles. The van der Waals surface area contributed by atoms with Crippen molar-refractivity contribution in [2.75, 3.05) is 6.61 Å². The molecule has 0 aromatic carbocycles. The van der Waals surface area contributed by atoms with Gasteiger partial charge in [-0.05, 0) is 13.8 Å². The predicted octanol–water partition coefficient (Wildman–Crippen LogP) is 1.80. The zero-order valence-electron chi connectivity index (χ0n) is 8.53. The van der Waals surface area contributed by atoms with Crippen LogP contribution in [0.4, 0.5) is 4.79 Å². The lowest BCUT2D eigenvalue weighted by atomic mass is 10.3. The Hall–Kier alpha value is -1.23. The van der Waals surface area contributed by atoms with Crippen LogP contribution in [0.25, 0.3) is 0 Å². The van der Waals surface area contributed by atoms with E-state index in [1.54, 1.807) is 6.92 Å². The number of carbonyl (C=O) groups is 2. The third kappa shape index (κ3) is 5.96. The van der Waals surface area contributed by atoms with Gasteiger partial charge in [-0.2, -0.15) is 0 Å². The topological polar surface area (TPSA) is 72.8 Å². The van der Waals surface area contributed by atoms with Crippen LogP contribution in [0, 0.1) is 0 Å². The van der Waals surface area contributed by atoms with E-state index in [0.717, 1.165) is 0 Å². The Labute approximate surface area is 92.6 Å². The highest BCUT2D eigenvalue weighted by molar-refractivity contribution is 6.20. The molecule has 0 fully saturated rings. The quantitative estimate of drug-likeness (QED) is 0.448. The van der Waals surface area contributed by atoms with Crippen molar-refractivity contribution in [1.29, 1.82) is 0 Å². The van der Waals surface area contributed by atoms with Gasteiger partial charge in [0.2, 0.25) is 0 Å². The lowest BCUT2D eigenvalue weighted by Gasteiger charge is -2.18. The van der Waals surface area contributed by atoms with Crippen molar-refractivity contribution in [2.24, 2.45) is 0 Å². The first-order valence-corrected chi connectivity index (χ1v) is 4.64. The number of hydrogen-bond donors (Lipinski definition) is 1. The number of carboxylic acid groups (broad SMARTS) is 1.